The van der Waals surface area contributed by atoms with Gasteiger partial charge in [0.25, 0.3) is 5.56 Å². The minimum Gasteiger partial charge on any atom is -0.328 e. The Hall–Kier alpha value is -2.67. The third-order valence-corrected chi connectivity index (χ3v) is 10.1. The van der Waals surface area contributed by atoms with E-state index < -0.39 is 7.26 Å². The van der Waals surface area contributed by atoms with E-state index in [1.165, 1.54) is 15.9 Å². The van der Waals surface area contributed by atoms with Gasteiger partial charge in [-0.15, -0.1) is 0 Å². The first-order chi connectivity index (χ1) is 14.1. The number of hydrogen-bond donors (Lipinski definition) is 1. The minimum atomic E-state index is -2.09. The van der Waals surface area contributed by atoms with Crippen molar-refractivity contribution in [1.29, 1.82) is 0 Å². The zero-order chi connectivity index (χ0) is 20.3. The Morgan fingerprint density at radius 3 is 1.59 bits per heavy atom. The number of aromatic nitrogens is 1. The summed E-state index contributed by atoms with van der Waals surface area (Å²) in [5.41, 5.74) is 1.68. The third kappa shape index (κ3) is 3.67. The Labute approximate surface area is 176 Å². The monoisotopic (exact) mass is 418 g/mol. The van der Waals surface area contributed by atoms with Crippen LogP contribution in [0.25, 0.3) is 0 Å². The van der Waals surface area contributed by atoms with Gasteiger partial charge in [0.15, 0.2) is 0 Å². The van der Waals surface area contributed by atoms with Crippen LogP contribution in [0, 0.1) is 6.92 Å². The number of hydrogen-bond acceptors (Lipinski definition) is 1. The molecule has 0 aliphatic rings. The van der Waals surface area contributed by atoms with E-state index in [2.05, 4.69) is 77.8 Å². The molecule has 0 amide bonds. The predicted octanol–water partition coefficient (Wildman–Crippen LogP) is 4.83. The molecule has 0 fully saturated rings. The van der Waals surface area contributed by atoms with Crippen molar-refractivity contribution in [1.82, 2.24) is 4.98 Å². The molecule has 29 heavy (non-hydrogen) atoms. The lowest BCUT2D eigenvalue weighted by Gasteiger charge is -2.28. The molecule has 4 rings (SSSR count). The molecule has 4 heteroatoms. The number of pyridine rings is 1. The van der Waals surface area contributed by atoms with Crippen LogP contribution >= 0.6 is 18.9 Å². The highest BCUT2D eigenvalue weighted by atomic mass is 35.5. The Morgan fingerprint density at radius 2 is 1.17 bits per heavy atom. The van der Waals surface area contributed by atoms with Gasteiger partial charge in [0.1, 0.15) is 34.4 Å². The fourth-order valence-corrected chi connectivity index (χ4v) is 8.57. The lowest BCUT2D eigenvalue weighted by Crippen LogP contribution is -2.33. The number of halogens is 1. The molecule has 144 valence electrons. The molecule has 0 saturated carbocycles. The summed E-state index contributed by atoms with van der Waals surface area (Å²) < 4.78 is 0. The fourth-order valence-electron chi connectivity index (χ4n) is 3.83. The molecular formula is C25H22ClNOP+. The summed E-state index contributed by atoms with van der Waals surface area (Å²) in [6, 6.07) is 31.8. The topological polar surface area (TPSA) is 32.9 Å². The van der Waals surface area contributed by atoms with E-state index in [0.717, 1.165) is 11.1 Å². The van der Waals surface area contributed by atoms with Crippen LogP contribution in [0.5, 0.6) is 0 Å². The normalized spacial score (nSPS) is 11.4. The second-order valence-corrected chi connectivity index (χ2v) is 10.9. The molecule has 0 unspecified atom stereocenters. The molecule has 1 N–H and O–H groups in total. The molecule has 3 aromatic carbocycles. The maximum atomic E-state index is 12.3. The zero-order valence-corrected chi connectivity index (χ0v) is 17.8. The Morgan fingerprint density at radius 1 is 0.759 bits per heavy atom. The summed E-state index contributed by atoms with van der Waals surface area (Å²) in [5.74, 6) is 0. The van der Waals surface area contributed by atoms with Crippen molar-refractivity contribution in [2.45, 2.75) is 13.1 Å². The molecule has 0 spiro atoms. The zero-order valence-electron chi connectivity index (χ0n) is 16.2. The summed E-state index contributed by atoms with van der Waals surface area (Å²) in [6.07, 6.45) is 2.46. The third-order valence-electron chi connectivity index (χ3n) is 5.35. The quantitative estimate of drug-likeness (QED) is 0.462. The Bertz CT molecular complexity index is 1060. The van der Waals surface area contributed by atoms with Gasteiger partial charge in [0, 0.05) is 11.8 Å². The van der Waals surface area contributed by atoms with Crippen LogP contribution in [0.15, 0.2) is 102 Å². The molecule has 1 aromatic heterocycles. The van der Waals surface area contributed by atoms with Crippen molar-refractivity contribution < 1.29 is 0 Å². The molecule has 0 aliphatic carbocycles. The van der Waals surface area contributed by atoms with Gasteiger partial charge in [-0.05, 0) is 48.9 Å². The van der Waals surface area contributed by atoms with Crippen molar-refractivity contribution in [2.24, 2.45) is 0 Å². The van der Waals surface area contributed by atoms with Crippen molar-refractivity contribution in [3.63, 3.8) is 0 Å². The van der Waals surface area contributed by atoms with Crippen molar-refractivity contribution >= 4 is 34.8 Å². The number of aromatic amines is 1. The number of nitrogens with one attached hydrogen (secondary N) is 1. The van der Waals surface area contributed by atoms with E-state index in [1.807, 2.05) is 25.1 Å². The van der Waals surface area contributed by atoms with Gasteiger partial charge >= 0.3 is 0 Å². The van der Waals surface area contributed by atoms with E-state index in [9.17, 15) is 4.79 Å². The van der Waals surface area contributed by atoms with Crippen LogP contribution in [-0.2, 0) is 6.16 Å². The molecular weight excluding hydrogens is 397 g/mol. The highest BCUT2D eigenvalue weighted by Gasteiger charge is 2.46. The molecule has 0 aliphatic heterocycles. The van der Waals surface area contributed by atoms with Gasteiger partial charge in [0.2, 0.25) is 0 Å². The van der Waals surface area contributed by atoms with E-state index in [4.69, 9.17) is 11.6 Å². The van der Waals surface area contributed by atoms with Crippen molar-refractivity contribution in [3.8, 4) is 0 Å². The Kier molecular flexibility index (Phi) is 5.67. The minimum absolute atomic E-state index is 0.237. The first kappa shape index (κ1) is 19.6. The largest absolute Gasteiger partial charge is 0.328 e. The molecule has 0 bridgehead atoms. The molecule has 0 atom stereocenters. The number of benzene rings is 3. The van der Waals surface area contributed by atoms with Crippen LogP contribution in [-0.4, -0.2) is 4.98 Å². The number of aryl methyl sites for hydroxylation is 1. The first-order valence-electron chi connectivity index (χ1n) is 9.54. The first-order valence-corrected chi connectivity index (χ1v) is 11.9. The summed E-state index contributed by atoms with van der Waals surface area (Å²) in [4.78, 5) is 15.1. The second kappa shape index (κ2) is 8.37. The second-order valence-electron chi connectivity index (χ2n) is 7.07. The molecule has 0 saturated heterocycles. The van der Waals surface area contributed by atoms with Crippen LogP contribution in [0.2, 0.25) is 5.02 Å². The highest BCUT2D eigenvalue weighted by Crippen LogP contribution is 2.58. The standard InChI is InChI=1S/C25H21ClNOP/c1-19-17-27-25(28)24(26)23(19)18-29(20-11-5-2-6-12-20,21-13-7-3-8-14-21)22-15-9-4-10-16-22/h2-17H,18H2,1H3/p+1. The van der Waals surface area contributed by atoms with Gasteiger partial charge in [0.05, 0.1) is 0 Å². The van der Waals surface area contributed by atoms with E-state index in [1.54, 1.807) is 6.20 Å². The summed E-state index contributed by atoms with van der Waals surface area (Å²) in [5, 5.41) is 4.10. The highest BCUT2D eigenvalue weighted by molar-refractivity contribution is 7.95. The van der Waals surface area contributed by atoms with Gasteiger partial charge in [-0.2, -0.15) is 0 Å². The maximum Gasteiger partial charge on any atom is 0.267 e. The Balaban J connectivity index is 2.07. The lowest BCUT2D eigenvalue weighted by molar-refractivity contribution is 1.15. The average molecular weight is 419 g/mol. The number of H-pyrrole nitrogens is 1. The smallest absolute Gasteiger partial charge is 0.267 e. The van der Waals surface area contributed by atoms with Crippen molar-refractivity contribution in [2.75, 3.05) is 0 Å². The van der Waals surface area contributed by atoms with Crippen LogP contribution in [0.4, 0.5) is 0 Å². The van der Waals surface area contributed by atoms with Crippen molar-refractivity contribution in [3.05, 3.63) is 124 Å². The van der Waals surface area contributed by atoms with E-state index in [0.29, 0.717) is 6.16 Å². The molecule has 4 aromatic rings. The van der Waals surface area contributed by atoms with Gasteiger partial charge in [-0.1, -0.05) is 66.2 Å². The van der Waals surface area contributed by atoms with E-state index >= 15 is 0 Å². The summed E-state index contributed by atoms with van der Waals surface area (Å²) >= 11 is 6.54. The SMILES string of the molecule is Cc1c[nH]c(=O)c(Cl)c1C[P+](c1ccccc1)(c1ccccc1)c1ccccc1. The summed E-state index contributed by atoms with van der Waals surface area (Å²) in [6.45, 7) is 2.01. The lowest BCUT2D eigenvalue weighted by atomic mass is 10.2. The van der Waals surface area contributed by atoms with Gasteiger partial charge in [-0.25, -0.2) is 0 Å². The number of rotatable bonds is 5. The van der Waals surface area contributed by atoms with E-state index in [-0.39, 0.29) is 10.6 Å². The van der Waals surface area contributed by atoms with Gasteiger partial charge in [-0.3, -0.25) is 4.79 Å². The van der Waals surface area contributed by atoms with Crippen LogP contribution < -0.4 is 21.5 Å². The maximum absolute atomic E-state index is 12.3. The summed E-state index contributed by atoms with van der Waals surface area (Å²) in [7, 11) is -2.09. The molecule has 1 heterocycles. The average Bonchev–Trinajstić information content (AvgIpc) is 2.79. The fraction of sp³-hybridized carbons (Fsp3) is 0.0800. The molecule has 0 radical (unpaired) electrons. The van der Waals surface area contributed by atoms with Crippen LogP contribution in [0.3, 0.4) is 0 Å². The predicted molar refractivity (Wildman–Crippen MR) is 126 cm³/mol. The van der Waals surface area contributed by atoms with Gasteiger partial charge < -0.3 is 4.98 Å². The molecule has 2 nitrogen and oxygen atoms in total. The van der Waals surface area contributed by atoms with Crippen LogP contribution in [0.1, 0.15) is 11.1 Å².